The van der Waals surface area contributed by atoms with E-state index in [1.54, 1.807) is 14.2 Å². The first-order valence-corrected chi connectivity index (χ1v) is 10.7. The van der Waals surface area contributed by atoms with Gasteiger partial charge in [-0.15, -0.1) is 0 Å². The first-order chi connectivity index (χ1) is 16.0. The Labute approximate surface area is 192 Å². The molecule has 1 aromatic heterocycles. The number of piperazine rings is 1. The molecule has 0 bridgehead atoms. The van der Waals surface area contributed by atoms with Crippen LogP contribution in [0.15, 0.2) is 54.6 Å². The number of aromatic nitrogens is 1. The zero-order valence-electron chi connectivity index (χ0n) is 18.9. The summed E-state index contributed by atoms with van der Waals surface area (Å²) in [5.74, 6) is 1.21. The lowest BCUT2D eigenvalue weighted by atomic mass is 10.0. The van der Waals surface area contributed by atoms with E-state index >= 15 is 0 Å². The Morgan fingerprint density at radius 2 is 1.85 bits per heavy atom. The van der Waals surface area contributed by atoms with Gasteiger partial charge < -0.3 is 25.0 Å². The maximum atomic E-state index is 13.5. The van der Waals surface area contributed by atoms with Crippen molar-refractivity contribution in [3.8, 4) is 22.8 Å². The minimum absolute atomic E-state index is 0.00480. The molecule has 1 aliphatic heterocycles. The third-order valence-electron chi connectivity index (χ3n) is 5.62. The van der Waals surface area contributed by atoms with E-state index in [1.165, 1.54) is 19.1 Å². The fraction of sp³-hybridized carbons (Fsp3) is 0.280. The first kappa shape index (κ1) is 22.5. The van der Waals surface area contributed by atoms with Gasteiger partial charge in [-0.2, -0.15) is 0 Å². The Hall–Kier alpha value is -3.65. The molecular formula is C25H27FN4O3. The number of halogens is 1. The van der Waals surface area contributed by atoms with Gasteiger partial charge in [0.15, 0.2) is 11.5 Å². The van der Waals surface area contributed by atoms with Crippen molar-refractivity contribution in [2.45, 2.75) is 13.0 Å². The molecule has 33 heavy (non-hydrogen) atoms. The van der Waals surface area contributed by atoms with Crippen LogP contribution < -0.4 is 25.0 Å². The molecule has 172 valence electrons. The van der Waals surface area contributed by atoms with Crippen molar-refractivity contribution in [1.29, 1.82) is 0 Å². The number of benzene rings is 2. The Kier molecular flexibility index (Phi) is 6.74. The van der Waals surface area contributed by atoms with Gasteiger partial charge in [0.1, 0.15) is 11.6 Å². The SMILES string of the molecule is COc1ccc(-c2cc(N3CCNCC3c3ccc(F)cc3)cc(NC(C)=O)n2)cc1OC. The van der Waals surface area contributed by atoms with Crippen LogP contribution in [0.3, 0.4) is 0 Å². The third kappa shape index (κ3) is 5.06. The fourth-order valence-electron chi connectivity index (χ4n) is 4.07. The number of pyridine rings is 1. The van der Waals surface area contributed by atoms with E-state index in [0.29, 0.717) is 23.0 Å². The average Bonchev–Trinajstić information content (AvgIpc) is 2.83. The zero-order chi connectivity index (χ0) is 23.4. The van der Waals surface area contributed by atoms with E-state index in [0.717, 1.165) is 36.4 Å². The number of rotatable bonds is 6. The Balaban J connectivity index is 1.78. The Morgan fingerprint density at radius 3 is 2.55 bits per heavy atom. The maximum absolute atomic E-state index is 13.5. The van der Waals surface area contributed by atoms with E-state index in [2.05, 4.69) is 20.5 Å². The van der Waals surface area contributed by atoms with Crippen molar-refractivity contribution in [1.82, 2.24) is 10.3 Å². The molecule has 3 aromatic rings. The smallest absolute Gasteiger partial charge is 0.222 e. The van der Waals surface area contributed by atoms with Crippen molar-refractivity contribution < 1.29 is 18.7 Å². The van der Waals surface area contributed by atoms with Crippen LogP contribution in [0.1, 0.15) is 18.5 Å². The second-order valence-electron chi connectivity index (χ2n) is 7.81. The summed E-state index contributed by atoms with van der Waals surface area (Å²) in [5.41, 5.74) is 3.44. The molecule has 0 saturated carbocycles. The molecule has 1 atom stereocenters. The van der Waals surface area contributed by atoms with Gasteiger partial charge in [0.2, 0.25) is 5.91 Å². The average molecular weight is 451 g/mol. The molecule has 2 heterocycles. The third-order valence-corrected chi connectivity index (χ3v) is 5.62. The van der Waals surface area contributed by atoms with E-state index < -0.39 is 0 Å². The number of nitrogens with zero attached hydrogens (tertiary/aromatic N) is 2. The Bertz CT molecular complexity index is 1140. The lowest BCUT2D eigenvalue weighted by molar-refractivity contribution is -0.114. The van der Waals surface area contributed by atoms with Crippen molar-refractivity contribution in [3.05, 3.63) is 66.0 Å². The van der Waals surface area contributed by atoms with Gasteiger partial charge in [0, 0.05) is 43.9 Å². The van der Waals surface area contributed by atoms with Gasteiger partial charge >= 0.3 is 0 Å². The van der Waals surface area contributed by atoms with Crippen LogP contribution in [0.25, 0.3) is 11.3 Å². The molecule has 1 saturated heterocycles. The molecule has 2 aromatic carbocycles. The van der Waals surface area contributed by atoms with Crippen molar-refractivity contribution in [2.24, 2.45) is 0 Å². The summed E-state index contributed by atoms with van der Waals surface area (Å²) >= 11 is 0. The summed E-state index contributed by atoms with van der Waals surface area (Å²) in [4.78, 5) is 18.7. The van der Waals surface area contributed by atoms with Crippen LogP contribution in [0.2, 0.25) is 0 Å². The van der Waals surface area contributed by atoms with E-state index in [4.69, 9.17) is 9.47 Å². The van der Waals surface area contributed by atoms with Gasteiger partial charge in [-0.3, -0.25) is 4.79 Å². The van der Waals surface area contributed by atoms with Gasteiger partial charge in [0.05, 0.1) is 26.0 Å². The number of ether oxygens (including phenoxy) is 2. The normalized spacial score (nSPS) is 15.8. The maximum Gasteiger partial charge on any atom is 0.222 e. The predicted octanol–water partition coefficient (Wildman–Crippen LogP) is 4.01. The molecule has 2 N–H and O–H groups in total. The highest BCUT2D eigenvalue weighted by molar-refractivity contribution is 5.89. The number of nitrogens with one attached hydrogen (secondary N) is 2. The fourth-order valence-corrected chi connectivity index (χ4v) is 4.07. The monoisotopic (exact) mass is 450 g/mol. The lowest BCUT2D eigenvalue weighted by Gasteiger charge is -2.38. The second kappa shape index (κ2) is 9.87. The minimum Gasteiger partial charge on any atom is -0.493 e. The number of carbonyl (C=O) groups excluding carboxylic acids is 1. The van der Waals surface area contributed by atoms with Crippen molar-refractivity contribution >= 4 is 17.4 Å². The van der Waals surface area contributed by atoms with Crippen LogP contribution in [0, 0.1) is 5.82 Å². The summed E-state index contributed by atoms with van der Waals surface area (Å²) < 4.78 is 24.3. The Morgan fingerprint density at radius 1 is 1.09 bits per heavy atom. The van der Waals surface area contributed by atoms with Crippen LogP contribution in [0.4, 0.5) is 15.9 Å². The number of hydrogen-bond donors (Lipinski definition) is 2. The molecule has 8 heteroatoms. The molecule has 4 rings (SSSR count). The number of hydrogen-bond acceptors (Lipinski definition) is 6. The topological polar surface area (TPSA) is 75.7 Å². The summed E-state index contributed by atoms with van der Waals surface area (Å²) in [6.45, 7) is 3.73. The van der Waals surface area contributed by atoms with Gasteiger partial charge in [0.25, 0.3) is 0 Å². The number of amides is 1. The number of methoxy groups -OCH3 is 2. The lowest BCUT2D eigenvalue weighted by Crippen LogP contribution is -2.46. The zero-order valence-corrected chi connectivity index (χ0v) is 18.9. The van der Waals surface area contributed by atoms with Crippen LogP contribution in [-0.2, 0) is 4.79 Å². The molecule has 7 nitrogen and oxygen atoms in total. The van der Waals surface area contributed by atoms with Gasteiger partial charge in [-0.25, -0.2) is 9.37 Å². The second-order valence-corrected chi connectivity index (χ2v) is 7.81. The van der Waals surface area contributed by atoms with E-state index in [1.807, 2.05) is 42.5 Å². The molecule has 0 spiro atoms. The summed E-state index contributed by atoms with van der Waals surface area (Å²) in [5, 5.41) is 6.23. The standard InChI is InChI=1S/C25H27FN4O3/c1-16(31)28-25-14-20(13-21(29-25)18-6-9-23(32-2)24(12-18)33-3)30-11-10-27-15-22(30)17-4-7-19(26)8-5-17/h4-9,12-14,22,27H,10-11,15H2,1-3H3,(H,28,29,31). The highest BCUT2D eigenvalue weighted by Crippen LogP contribution is 2.36. The van der Waals surface area contributed by atoms with Crippen molar-refractivity contribution in [2.75, 3.05) is 44.1 Å². The van der Waals surface area contributed by atoms with E-state index in [-0.39, 0.29) is 17.8 Å². The highest BCUT2D eigenvalue weighted by atomic mass is 19.1. The summed E-state index contributed by atoms with van der Waals surface area (Å²) in [6.07, 6.45) is 0. The molecule has 0 aliphatic carbocycles. The predicted molar refractivity (Wildman–Crippen MR) is 126 cm³/mol. The van der Waals surface area contributed by atoms with Gasteiger partial charge in [-0.1, -0.05) is 12.1 Å². The molecule has 1 unspecified atom stereocenters. The van der Waals surface area contributed by atoms with Crippen LogP contribution in [0.5, 0.6) is 11.5 Å². The molecule has 1 fully saturated rings. The largest absolute Gasteiger partial charge is 0.493 e. The van der Waals surface area contributed by atoms with Gasteiger partial charge in [-0.05, 0) is 42.0 Å². The van der Waals surface area contributed by atoms with E-state index in [9.17, 15) is 9.18 Å². The molecular weight excluding hydrogens is 423 g/mol. The molecule has 1 aliphatic rings. The van der Waals surface area contributed by atoms with Crippen LogP contribution in [-0.4, -0.2) is 44.7 Å². The summed E-state index contributed by atoms with van der Waals surface area (Å²) in [6, 6.07) is 16.0. The first-order valence-electron chi connectivity index (χ1n) is 10.7. The molecule has 1 amide bonds. The quantitative estimate of drug-likeness (QED) is 0.591. The highest BCUT2D eigenvalue weighted by Gasteiger charge is 2.25. The number of carbonyl (C=O) groups is 1. The minimum atomic E-state index is -0.262. The van der Waals surface area contributed by atoms with Crippen LogP contribution >= 0.6 is 0 Å². The van der Waals surface area contributed by atoms with Crippen molar-refractivity contribution in [3.63, 3.8) is 0 Å². The number of anilines is 2. The summed E-state index contributed by atoms with van der Waals surface area (Å²) in [7, 11) is 3.17. The molecule has 0 radical (unpaired) electrons.